The van der Waals surface area contributed by atoms with Crippen LogP contribution in [0, 0.1) is 0 Å². The standard InChI is InChI=1S/C24H25ClN2O5S/c1-26(16-18-9-14-22(31-2)23(15-18)32-3)24(28)17-27(20-12-10-19(25)11-13-20)33(29,30)21-7-5-4-6-8-21/h4-15H,16-17H2,1-3H3. The van der Waals surface area contributed by atoms with Crippen LogP contribution in [0.2, 0.25) is 5.02 Å². The van der Waals surface area contributed by atoms with Gasteiger partial charge in [0.25, 0.3) is 10.0 Å². The molecule has 0 N–H and O–H groups in total. The van der Waals surface area contributed by atoms with E-state index in [0.29, 0.717) is 22.2 Å². The number of halogens is 1. The SMILES string of the molecule is COc1ccc(CN(C)C(=O)CN(c2ccc(Cl)cc2)S(=O)(=O)c2ccccc2)cc1OC. The average molecular weight is 489 g/mol. The Bertz CT molecular complexity index is 1200. The van der Waals surface area contributed by atoms with Gasteiger partial charge in [-0.05, 0) is 54.1 Å². The molecule has 9 heteroatoms. The molecule has 0 aromatic heterocycles. The van der Waals surface area contributed by atoms with E-state index in [9.17, 15) is 13.2 Å². The van der Waals surface area contributed by atoms with Gasteiger partial charge in [-0.15, -0.1) is 0 Å². The van der Waals surface area contributed by atoms with Gasteiger partial charge in [-0.2, -0.15) is 0 Å². The third kappa shape index (κ3) is 5.77. The zero-order valence-electron chi connectivity index (χ0n) is 18.6. The summed E-state index contributed by atoms with van der Waals surface area (Å²) in [5.41, 5.74) is 1.16. The first-order chi connectivity index (χ1) is 15.8. The summed E-state index contributed by atoms with van der Waals surface area (Å²) in [5, 5.41) is 0.465. The van der Waals surface area contributed by atoms with Gasteiger partial charge in [0.2, 0.25) is 5.91 Å². The number of ether oxygens (including phenoxy) is 2. The fourth-order valence-corrected chi connectivity index (χ4v) is 4.79. The molecule has 0 fully saturated rings. The minimum absolute atomic E-state index is 0.0929. The number of nitrogens with zero attached hydrogens (tertiary/aromatic N) is 2. The Labute approximate surface area is 199 Å². The molecule has 0 saturated carbocycles. The molecule has 0 heterocycles. The second kappa shape index (κ2) is 10.6. The van der Waals surface area contributed by atoms with Gasteiger partial charge in [0, 0.05) is 18.6 Å². The fourth-order valence-electron chi connectivity index (χ4n) is 3.23. The van der Waals surface area contributed by atoms with E-state index in [1.807, 2.05) is 6.07 Å². The van der Waals surface area contributed by atoms with E-state index in [4.69, 9.17) is 21.1 Å². The fraction of sp³-hybridized carbons (Fsp3) is 0.208. The van der Waals surface area contributed by atoms with E-state index in [-0.39, 0.29) is 23.9 Å². The van der Waals surface area contributed by atoms with Crippen molar-refractivity contribution < 1.29 is 22.7 Å². The lowest BCUT2D eigenvalue weighted by molar-refractivity contribution is -0.128. The molecule has 174 valence electrons. The topological polar surface area (TPSA) is 76.2 Å². The molecule has 0 spiro atoms. The second-order valence-electron chi connectivity index (χ2n) is 7.24. The molecule has 0 bridgehead atoms. The van der Waals surface area contributed by atoms with E-state index in [0.717, 1.165) is 9.87 Å². The van der Waals surface area contributed by atoms with Gasteiger partial charge in [-0.25, -0.2) is 8.42 Å². The highest BCUT2D eigenvalue weighted by Gasteiger charge is 2.28. The largest absolute Gasteiger partial charge is 0.493 e. The van der Waals surface area contributed by atoms with Crippen molar-refractivity contribution in [2.24, 2.45) is 0 Å². The molecule has 0 aliphatic rings. The molecule has 33 heavy (non-hydrogen) atoms. The maximum atomic E-state index is 13.4. The lowest BCUT2D eigenvalue weighted by atomic mass is 10.2. The Hall–Kier alpha value is -3.23. The Balaban J connectivity index is 1.86. The molecule has 3 rings (SSSR count). The minimum atomic E-state index is -3.98. The number of benzene rings is 3. The number of rotatable bonds is 9. The van der Waals surface area contributed by atoms with Gasteiger partial charge in [0.1, 0.15) is 6.54 Å². The molecule has 0 aliphatic carbocycles. The van der Waals surface area contributed by atoms with Crippen molar-refractivity contribution in [3.8, 4) is 11.5 Å². The average Bonchev–Trinajstić information content (AvgIpc) is 2.83. The van der Waals surface area contributed by atoms with E-state index in [1.54, 1.807) is 68.8 Å². The van der Waals surface area contributed by atoms with Gasteiger partial charge in [0.15, 0.2) is 11.5 Å². The zero-order chi connectivity index (χ0) is 24.0. The molecular weight excluding hydrogens is 464 g/mol. The van der Waals surface area contributed by atoms with Gasteiger partial charge in [0.05, 0.1) is 24.8 Å². The van der Waals surface area contributed by atoms with E-state index < -0.39 is 10.0 Å². The van der Waals surface area contributed by atoms with Crippen LogP contribution in [-0.4, -0.2) is 47.0 Å². The molecular formula is C24H25ClN2O5S. The van der Waals surface area contributed by atoms with Crippen LogP contribution in [0.1, 0.15) is 5.56 Å². The Kier molecular flexibility index (Phi) is 7.84. The van der Waals surface area contributed by atoms with Crippen molar-refractivity contribution in [1.29, 1.82) is 0 Å². The van der Waals surface area contributed by atoms with Crippen molar-refractivity contribution in [2.45, 2.75) is 11.4 Å². The maximum Gasteiger partial charge on any atom is 0.264 e. The summed E-state index contributed by atoms with van der Waals surface area (Å²) in [7, 11) is 0.721. The van der Waals surface area contributed by atoms with Crippen LogP contribution in [0.15, 0.2) is 77.7 Å². The third-order valence-electron chi connectivity index (χ3n) is 5.02. The van der Waals surface area contributed by atoms with Crippen LogP contribution in [-0.2, 0) is 21.4 Å². The monoisotopic (exact) mass is 488 g/mol. The van der Waals surface area contributed by atoms with Gasteiger partial charge >= 0.3 is 0 Å². The van der Waals surface area contributed by atoms with Crippen LogP contribution in [0.4, 0.5) is 5.69 Å². The summed E-state index contributed by atoms with van der Waals surface area (Å²) in [4.78, 5) is 14.6. The number of hydrogen-bond donors (Lipinski definition) is 0. The van der Waals surface area contributed by atoms with Crippen molar-refractivity contribution in [1.82, 2.24) is 4.90 Å². The predicted molar refractivity (Wildman–Crippen MR) is 128 cm³/mol. The summed E-state index contributed by atoms with van der Waals surface area (Å²) in [6.07, 6.45) is 0. The lowest BCUT2D eigenvalue weighted by Crippen LogP contribution is -2.41. The second-order valence-corrected chi connectivity index (χ2v) is 9.54. The van der Waals surface area contributed by atoms with Crippen molar-refractivity contribution in [3.63, 3.8) is 0 Å². The first-order valence-electron chi connectivity index (χ1n) is 10.0. The smallest absolute Gasteiger partial charge is 0.264 e. The number of carbonyl (C=O) groups is 1. The molecule has 0 unspecified atom stereocenters. The number of methoxy groups -OCH3 is 2. The van der Waals surface area contributed by atoms with Crippen LogP contribution in [0.5, 0.6) is 11.5 Å². The minimum Gasteiger partial charge on any atom is -0.493 e. The summed E-state index contributed by atoms with van der Waals surface area (Å²) < 4.78 is 38.4. The number of likely N-dealkylation sites (N-methyl/N-ethyl adjacent to an activating group) is 1. The number of anilines is 1. The van der Waals surface area contributed by atoms with Gasteiger partial charge < -0.3 is 14.4 Å². The first kappa shape index (κ1) is 24.4. The summed E-state index contributed by atoms with van der Waals surface area (Å²) >= 11 is 5.98. The molecule has 7 nitrogen and oxygen atoms in total. The van der Waals surface area contributed by atoms with E-state index in [2.05, 4.69) is 0 Å². The quantitative estimate of drug-likeness (QED) is 0.451. The summed E-state index contributed by atoms with van der Waals surface area (Å²) in [5.74, 6) is 0.752. The zero-order valence-corrected chi connectivity index (χ0v) is 20.1. The number of amides is 1. The van der Waals surface area contributed by atoms with E-state index >= 15 is 0 Å². The molecule has 0 aliphatic heterocycles. The number of sulfonamides is 1. The molecule has 3 aromatic rings. The first-order valence-corrected chi connectivity index (χ1v) is 11.9. The highest BCUT2D eigenvalue weighted by atomic mass is 35.5. The number of carbonyl (C=O) groups excluding carboxylic acids is 1. The number of hydrogen-bond acceptors (Lipinski definition) is 5. The van der Waals surface area contributed by atoms with Crippen molar-refractivity contribution >= 4 is 33.2 Å². The Morgan fingerprint density at radius 1 is 0.909 bits per heavy atom. The van der Waals surface area contributed by atoms with Crippen LogP contribution in [0.3, 0.4) is 0 Å². The van der Waals surface area contributed by atoms with Crippen LogP contribution in [0.25, 0.3) is 0 Å². The molecule has 0 radical (unpaired) electrons. The lowest BCUT2D eigenvalue weighted by Gasteiger charge is -2.27. The highest BCUT2D eigenvalue weighted by molar-refractivity contribution is 7.92. The normalized spacial score (nSPS) is 11.0. The van der Waals surface area contributed by atoms with Crippen molar-refractivity contribution in [3.05, 3.63) is 83.4 Å². The van der Waals surface area contributed by atoms with E-state index in [1.165, 1.54) is 24.1 Å². The molecule has 0 atom stereocenters. The van der Waals surface area contributed by atoms with Crippen molar-refractivity contribution in [2.75, 3.05) is 32.1 Å². The van der Waals surface area contributed by atoms with Crippen LogP contribution >= 0.6 is 11.6 Å². The van der Waals surface area contributed by atoms with Gasteiger partial charge in [-0.1, -0.05) is 35.9 Å². The van der Waals surface area contributed by atoms with Gasteiger partial charge in [-0.3, -0.25) is 9.10 Å². The highest BCUT2D eigenvalue weighted by Crippen LogP contribution is 2.28. The van der Waals surface area contributed by atoms with Crippen LogP contribution < -0.4 is 13.8 Å². The maximum absolute atomic E-state index is 13.4. The third-order valence-corrected chi connectivity index (χ3v) is 7.06. The predicted octanol–water partition coefficient (Wildman–Crippen LogP) is 4.21. The Morgan fingerprint density at radius 2 is 1.55 bits per heavy atom. The molecule has 0 saturated heterocycles. The Morgan fingerprint density at radius 3 is 2.15 bits per heavy atom. The summed E-state index contributed by atoms with van der Waals surface area (Å²) in [6.45, 7) is -0.109. The molecule has 3 aromatic carbocycles. The summed E-state index contributed by atoms with van der Waals surface area (Å²) in [6, 6.07) is 19.7. The molecule has 1 amide bonds.